The lowest BCUT2D eigenvalue weighted by molar-refractivity contribution is -0.161. The molecule has 16 atom stereocenters. The summed E-state index contributed by atoms with van der Waals surface area (Å²) in [7, 11) is 2.46. The van der Waals surface area contributed by atoms with Crippen LogP contribution in [0.15, 0.2) is 84.9 Å². The van der Waals surface area contributed by atoms with Gasteiger partial charge in [-0.3, -0.25) is 43.2 Å². The first-order valence-corrected chi connectivity index (χ1v) is 28.3. The third kappa shape index (κ3) is 14.6. The number of nitrogens with zero attached hydrogens (tertiary/aromatic N) is 2. The van der Waals surface area contributed by atoms with E-state index < -0.39 is 149 Å². The molecule has 0 bridgehead atoms. The summed E-state index contributed by atoms with van der Waals surface area (Å²) in [5, 5.41) is 27.0. The van der Waals surface area contributed by atoms with Crippen molar-refractivity contribution in [1.29, 1.82) is 0 Å². The predicted molar refractivity (Wildman–Crippen MR) is 297 cm³/mol. The molecule has 2 saturated carbocycles. The maximum atomic E-state index is 15.3. The van der Waals surface area contributed by atoms with E-state index in [2.05, 4.69) is 31.9 Å². The van der Waals surface area contributed by atoms with E-state index in [0.717, 1.165) is 0 Å². The second-order valence-corrected chi connectivity index (χ2v) is 22.4. The molecule has 3 heterocycles. The van der Waals surface area contributed by atoms with Gasteiger partial charge in [0.15, 0.2) is 0 Å². The summed E-state index contributed by atoms with van der Waals surface area (Å²) in [5.74, 6) is -12.7. The van der Waals surface area contributed by atoms with Crippen molar-refractivity contribution in [2.45, 2.75) is 140 Å². The number of cyclic esters (lactones) is 1. The van der Waals surface area contributed by atoms with Crippen molar-refractivity contribution >= 4 is 70.9 Å². The van der Waals surface area contributed by atoms with Gasteiger partial charge in [0.1, 0.15) is 59.2 Å². The summed E-state index contributed by atoms with van der Waals surface area (Å²) in [6.45, 7) is 10.1. The molecule has 82 heavy (non-hydrogen) atoms. The van der Waals surface area contributed by atoms with Gasteiger partial charge in [0, 0.05) is 18.4 Å². The first kappa shape index (κ1) is 61.9. The van der Waals surface area contributed by atoms with E-state index in [1.54, 1.807) is 94.4 Å². The molecule has 2 aliphatic heterocycles. The van der Waals surface area contributed by atoms with Gasteiger partial charge in [-0.05, 0) is 92.9 Å². The van der Waals surface area contributed by atoms with E-state index in [9.17, 15) is 29.2 Å². The monoisotopic (exact) mass is 1150 g/mol. The highest BCUT2D eigenvalue weighted by atomic mass is 35.5. The fourth-order valence-corrected chi connectivity index (χ4v) is 11.3. The summed E-state index contributed by atoms with van der Waals surface area (Å²) in [6.07, 6.45) is 2.84. The van der Waals surface area contributed by atoms with Crippen molar-refractivity contribution in [2.75, 3.05) is 20.8 Å². The van der Waals surface area contributed by atoms with Crippen LogP contribution in [0.5, 0.6) is 0 Å². The Kier molecular flexibility index (Phi) is 20.6. The molecule has 2 saturated heterocycles. The first-order valence-electron chi connectivity index (χ1n) is 27.9. The number of carbonyl (C=O) groups excluding carboxylic acids is 10. The molecule has 3 aromatic rings. The number of rotatable bonds is 17. The summed E-state index contributed by atoms with van der Waals surface area (Å²) < 4.78 is 16.5. The van der Waals surface area contributed by atoms with E-state index in [1.165, 1.54) is 38.2 Å². The molecule has 442 valence electrons. The van der Waals surface area contributed by atoms with Gasteiger partial charge in [-0.1, -0.05) is 119 Å². The minimum Gasteiger partial charge on any atom is -0.469 e. The zero-order valence-corrected chi connectivity index (χ0v) is 48.1. The van der Waals surface area contributed by atoms with Crippen LogP contribution in [-0.4, -0.2) is 143 Å². The van der Waals surface area contributed by atoms with E-state index in [4.69, 9.17) is 25.8 Å². The second-order valence-electron chi connectivity index (χ2n) is 22.1. The van der Waals surface area contributed by atoms with Crippen molar-refractivity contribution in [2.24, 2.45) is 35.5 Å². The smallest absolute Gasteiger partial charge is 0.329 e. The lowest BCUT2D eigenvalue weighted by atomic mass is 9.90. The van der Waals surface area contributed by atoms with Gasteiger partial charge < -0.3 is 56.2 Å². The van der Waals surface area contributed by atoms with Crippen LogP contribution in [0.3, 0.4) is 0 Å². The molecule has 0 spiro atoms. The van der Waals surface area contributed by atoms with Crippen molar-refractivity contribution in [3.05, 3.63) is 107 Å². The third-order valence-corrected chi connectivity index (χ3v) is 16.8. The van der Waals surface area contributed by atoms with Gasteiger partial charge >= 0.3 is 17.9 Å². The summed E-state index contributed by atoms with van der Waals surface area (Å²) in [4.78, 5) is 146. The number of amides is 7. The molecule has 4 aliphatic rings. The molecule has 2 aliphatic carbocycles. The van der Waals surface area contributed by atoms with Gasteiger partial charge in [0.25, 0.3) is 5.91 Å². The Bertz CT molecular complexity index is 2890. The number of hydrogen-bond acceptors (Lipinski definition) is 14. The molecule has 0 radical (unpaired) electrons. The maximum absolute atomic E-state index is 15.3. The number of benzene rings is 2. The minimum absolute atomic E-state index is 0.0289. The largest absolute Gasteiger partial charge is 0.469 e. The molecular formula is C59H75ClN8O14. The molecule has 7 rings (SSSR count). The Hall–Kier alpha value is -7.75. The van der Waals surface area contributed by atoms with E-state index in [-0.39, 0.29) is 42.6 Å². The summed E-state index contributed by atoms with van der Waals surface area (Å²) in [5.41, 5.74) is 0.865. The Morgan fingerprint density at radius 1 is 0.756 bits per heavy atom. The van der Waals surface area contributed by atoms with Gasteiger partial charge in [-0.25, -0.2) is 4.79 Å². The topological polar surface area (TPSA) is 299 Å². The van der Waals surface area contributed by atoms with Crippen molar-refractivity contribution in [3.63, 3.8) is 0 Å². The number of halogens is 1. The third-order valence-electron chi connectivity index (χ3n) is 16.5. The van der Waals surface area contributed by atoms with Crippen LogP contribution in [0.4, 0.5) is 0 Å². The molecule has 2 aromatic carbocycles. The molecule has 22 nitrogen and oxygen atoms in total. The molecule has 1 aromatic heterocycles. The lowest BCUT2D eigenvalue weighted by Crippen LogP contribution is -2.62. The second kappa shape index (κ2) is 27.3. The number of hydrogen-bond donors (Lipinski definition) is 7. The SMILES string of the molecule is C/C=C\[C@H]1C[C@H]2C(=O)O[C@H](C)[C@@H](NC(=O)[C@H](C[C@@H]3C[C@H]3C(=O)OC)NC(=O)c3ccc(Cl)n3O)C(=O)N[C@@H]([C@H](C)c3ccccc3)C(=O)N[C@H](C[C@@H]3C[C@H]3C(=O)OC)C(=O)N[C@@H]([C@H](C)c3ccccc3)C(=O)N[C@@H]([C@@H](C)CC)C(=O)N2C1. The van der Waals surface area contributed by atoms with Crippen LogP contribution in [0, 0.1) is 35.5 Å². The van der Waals surface area contributed by atoms with E-state index >= 15 is 24.0 Å². The molecule has 7 N–H and O–H groups in total. The Morgan fingerprint density at radius 3 is 1.85 bits per heavy atom. The van der Waals surface area contributed by atoms with Crippen molar-refractivity contribution < 1.29 is 67.4 Å². The average molecular weight is 1160 g/mol. The Balaban J connectivity index is 1.34. The van der Waals surface area contributed by atoms with Crippen molar-refractivity contribution in [1.82, 2.24) is 41.5 Å². The van der Waals surface area contributed by atoms with Crippen LogP contribution < -0.4 is 31.9 Å². The molecular weight excluding hydrogens is 1080 g/mol. The lowest BCUT2D eigenvalue weighted by Gasteiger charge is -2.34. The van der Waals surface area contributed by atoms with Crippen LogP contribution >= 0.6 is 11.6 Å². The van der Waals surface area contributed by atoms with Gasteiger partial charge in [-0.15, -0.1) is 0 Å². The summed E-state index contributed by atoms with van der Waals surface area (Å²) >= 11 is 6.04. The van der Waals surface area contributed by atoms with Crippen LogP contribution in [-0.2, 0) is 57.4 Å². The number of methoxy groups -OCH3 is 2. The minimum atomic E-state index is -1.86. The quantitative estimate of drug-likeness (QED) is 0.0439. The number of allylic oxidation sites excluding steroid dienone is 1. The van der Waals surface area contributed by atoms with Crippen LogP contribution in [0.2, 0.25) is 5.15 Å². The highest BCUT2D eigenvalue weighted by Crippen LogP contribution is 2.44. The van der Waals surface area contributed by atoms with Crippen LogP contribution in [0.25, 0.3) is 0 Å². The highest BCUT2D eigenvalue weighted by Gasteiger charge is 2.50. The maximum Gasteiger partial charge on any atom is 0.329 e. The molecule has 7 amide bonds. The number of carbonyl (C=O) groups is 10. The van der Waals surface area contributed by atoms with Gasteiger partial charge in [-0.2, -0.15) is 4.73 Å². The summed E-state index contributed by atoms with van der Waals surface area (Å²) in [6, 6.07) is 9.72. The number of aromatic nitrogens is 1. The Labute approximate surface area is 481 Å². The molecule has 0 unspecified atom stereocenters. The average Bonchev–Trinajstić information content (AvgIpc) is 4.46. The van der Waals surface area contributed by atoms with Gasteiger partial charge in [0.05, 0.1) is 26.1 Å². The van der Waals surface area contributed by atoms with Crippen LogP contribution in [0.1, 0.15) is 114 Å². The number of fused-ring (bicyclic) bond motifs is 1. The Morgan fingerprint density at radius 2 is 1.30 bits per heavy atom. The highest BCUT2D eigenvalue weighted by molar-refractivity contribution is 6.30. The number of ether oxygens (including phenoxy) is 3. The number of nitrogens with one attached hydrogen (secondary N) is 6. The fourth-order valence-electron chi connectivity index (χ4n) is 11.1. The number of esters is 3. The first-order chi connectivity index (χ1) is 39.1. The molecule has 23 heteroatoms. The zero-order chi connectivity index (χ0) is 59.7. The fraction of sp³-hybridized carbons (Fsp3) is 0.525. The molecule has 4 fully saturated rings. The van der Waals surface area contributed by atoms with E-state index in [1.807, 2.05) is 13.0 Å². The normalized spacial score (nSPS) is 28.6. The zero-order valence-electron chi connectivity index (χ0n) is 47.3. The van der Waals surface area contributed by atoms with Gasteiger partial charge in [0.2, 0.25) is 35.4 Å². The standard InChI is InChI=1S/C59H75ClN8O14/c1-9-17-34-24-44-59(78)82-33(6)49(66-51(70)41(27-37-25-39(37)57(76)80-7)61-52(71)43-22-23-45(60)68(43)79)55(74)65-47(31(4)35-18-13-11-14-19-35)53(72)62-42(28-38-26-40(38)58(77)81-8)50(69)64-48(32(5)36-20-15-12-16-21-36)54(73)63-46(30(3)10-2)56(75)67(44)29-34/h9,11-23,30-34,37-42,44,46-49,79H,10,24-29H2,1-8H3,(H,61,71)(H,62,72)(H,63,73)(H,64,69)(H,65,74)(H,66,70)/b17-9-/t30-,31+,32+,33+,34-,37-,38-,39+,40+,41-,42+,44-,46-,47-,48-,49+/m0/s1. The van der Waals surface area contributed by atoms with Crippen molar-refractivity contribution in [3.8, 4) is 0 Å². The van der Waals surface area contributed by atoms with E-state index in [0.29, 0.717) is 35.1 Å². The predicted octanol–water partition coefficient (Wildman–Crippen LogP) is 3.69.